The van der Waals surface area contributed by atoms with Gasteiger partial charge < -0.3 is 25.6 Å². The summed E-state index contributed by atoms with van der Waals surface area (Å²) in [4.78, 5) is 33.1. The van der Waals surface area contributed by atoms with Crippen molar-refractivity contribution >= 4 is 18.0 Å². The number of carboxylic acid groups (broad SMARTS) is 2. The van der Waals surface area contributed by atoms with Gasteiger partial charge in [-0.25, -0.2) is 9.59 Å². The van der Waals surface area contributed by atoms with Crippen molar-refractivity contribution in [1.82, 2.24) is 10.6 Å². The molecular weight excluding hydrogens is 280 g/mol. The van der Waals surface area contributed by atoms with E-state index in [9.17, 15) is 14.4 Å². The summed E-state index contributed by atoms with van der Waals surface area (Å²) >= 11 is 0. The Morgan fingerprint density at radius 1 is 1.29 bits per heavy atom. The van der Waals surface area contributed by atoms with E-state index in [4.69, 9.17) is 14.9 Å². The Morgan fingerprint density at radius 2 is 1.95 bits per heavy atom. The van der Waals surface area contributed by atoms with Gasteiger partial charge in [0, 0.05) is 26.7 Å². The smallest absolute Gasteiger partial charge is 0.326 e. The van der Waals surface area contributed by atoms with Gasteiger partial charge in [-0.1, -0.05) is 0 Å². The minimum Gasteiger partial charge on any atom is -0.481 e. The Labute approximate surface area is 122 Å². The quantitative estimate of drug-likeness (QED) is 0.463. The molecule has 8 nitrogen and oxygen atoms in total. The summed E-state index contributed by atoms with van der Waals surface area (Å²) in [6.07, 6.45) is 2.42. The monoisotopic (exact) mass is 302 g/mol. The SMILES string of the molecule is COCCC1(CNC(=O)NC(CCC(=O)O)C(=O)O)CC1. The maximum Gasteiger partial charge on any atom is 0.326 e. The van der Waals surface area contributed by atoms with Crippen LogP contribution in [0, 0.1) is 5.41 Å². The molecule has 0 radical (unpaired) electrons. The Bertz CT molecular complexity index is 394. The van der Waals surface area contributed by atoms with E-state index in [0.717, 1.165) is 19.3 Å². The average Bonchev–Trinajstić information content (AvgIpc) is 3.19. The fourth-order valence-corrected chi connectivity index (χ4v) is 2.01. The number of urea groups is 1. The lowest BCUT2D eigenvalue weighted by Crippen LogP contribution is -2.47. The molecule has 4 N–H and O–H groups in total. The number of rotatable bonds is 10. The maximum atomic E-state index is 11.7. The van der Waals surface area contributed by atoms with Gasteiger partial charge in [-0.05, 0) is 31.1 Å². The Morgan fingerprint density at radius 3 is 2.43 bits per heavy atom. The first kappa shape index (κ1) is 17.2. The normalized spacial score (nSPS) is 16.8. The van der Waals surface area contributed by atoms with E-state index in [1.165, 1.54) is 0 Å². The van der Waals surface area contributed by atoms with E-state index in [-0.39, 0.29) is 18.3 Å². The highest BCUT2D eigenvalue weighted by Crippen LogP contribution is 2.48. The van der Waals surface area contributed by atoms with Crippen LogP contribution in [-0.2, 0) is 14.3 Å². The van der Waals surface area contributed by atoms with E-state index in [2.05, 4.69) is 10.6 Å². The lowest BCUT2D eigenvalue weighted by molar-refractivity contribution is -0.140. The molecule has 1 saturated carbocycles. The van der Waals surface area contributed by atoms with E-state index in [1.54, 1.807) is 7.11 Å². The van der Waals surface area contributed by atoms with Crippen LogP contribution in [0.2, 0.25) is 0 Å². The Hall–Kier alpha value is -1.83. The van der Waals surface area contributed by atoms with Gasteiger partial charge in [-0.15, -0.1) is 0 Å². The summed E-state index contributed by atoms with van der Waals surface area (Å²) < 4.78 is 5.01. The standard InChI is InChI=1S/C13H22N2O6/c1-21-7-6-13(4-5-13)8-14-12(20)15-9(11(18)19)2-3-10(16)17/h9H,2-8H2,1H3,(H,16,17)(H,18,19)(H2,14,15,20). The van der Waals surface area contributed by atoms with Crippen LogP contribution in [0.4, 0.5) is 4.79 Å². The number of ether oxygens (including phenoxy) is 1. The van der Waals surface area contributed by atoms with Crippen LogP contribution in [0.3, 0.4) is 0 Å². The largest absolute Gasteiger partial charge is 0.481 e. The Kier molecular flexibility index (Phi) is 6.41. The van der Waals surface area contributed by atoms with Crippen molar-refractivity contribution in [3.05, 3.63) is 0 Å². The molecule has 1 fully saturated rings. The van der Waals surface area contributed by atoms with Crippen LogP contribution in [0.5, 0.6) is 0 Å². The first-order chi connectivity index (χ1) is 9.88. The second kappa shape index (κ2) is 7.82. The minimum atomic E-state index is -1.24. The molecule has 0 aromatic carbocycles. The molecule has 120 valence electrons. The molecule has 2 amide bonds. The number of carbonyl (C=O) groups is 3. The molecular formula is C13H22N2O6. The zero-order chi connectivity index (χ0) is 15.9. The molecule has 0 aromatic rings. The second-order valence-corrected chi connectivity index (χ2v) is 5.39. The summed E-state index contributed by atoms with van der Waals surface area (Å²) in [5.74, 6) is -2.34. The molecule has 1 rings (SSSR count). The van der Waals surface area contributed by atoms with E-state index >= 15 is 0 Å². The van der Waals surface area contributed by atoms with Gasteiger partial charge in [-0.2, -0.15) is 0 Å². The number of amides is 2. The summed E-state index contributed by atoms with van der Waals surface area (Å²) in [6.45, 7) is 1.09. The first-order valence-corrected chi connectivity index (χ1v) is 6.86. The number of carbonyl (C=O) groups excluding carboxylic acids is 1. The molecule has 0 aliphatic heterocycles. The molecule has 1 unspecified atom stereocenters. The van der Waals surface area contributed by atoms with Gasteiger partial charge in [0.15, 0.2) is 0 Å². The Balaban J connectivity index is 2.33. The predicted octanol–water partition coefficient (Wildman–Crippen LogP) is 0.420. The second-order valence-electron chi connectivity index (χ2n) is 5.39. The average molecular weight is 302 g/mol. The molecule has 21 heavy (non-hydrogen) atoms. The van der Waals surface area contributed by atoms with Crippen molar-refractivity contribution in [2.45, 2.75) is 38.1 Å². The van der Waals surface area contributed by atoms with E-state index < -0.39 is 24.0 Å². The lowest BCUT2D eigenvalue weighted by atomic mass is 10.0. The van der Waals surface area contributed by atoms with E-state index in [0.29, 0.717) is 13.2 Å². The molecule has 1 aliphatic rings. The van der Waals surface area contributed by atoms with Gasteiger partial charge in [-0.3, -0.25) is 4.79 Å². The first-order valence-electron chi connectivity index (χ1n) is 6.86. The van der Waals surface area contributed by atoms with Crippen molar-refractivity contribution in [2.75, 3.05) is 20.3 Å². The predicted molar refractivity (Wildman–Crippen MR) is 73.0 cm³/mol. The van der Waals surface area contributed by atoms with Crippen molar-refractivity contribution in [1.29, 1.82) is 0 Å². The fourth-order valence-electron chi connectivity index (χ4n) is 2.01. The molecule has 0 aromatic heterocycles. The molecule has 0 saturated heterocycles. The third-order valence-corrected chi connectivity index (χ3v) is 3.67. The summed E-state index contributed by atoms with van der Waals surface area (Å²) in [6, 6.07) is -1.79. The van der Waals surface area contributed by atoms with Crippen molar-refractivity contribution < 1.29 is 29.3 Å². The number of aliphatic carboxylic acids is 2. The minimum absolute atomic E-state index is 0.0626. The van der Waals surface area contributed by atoms with Crippen molar-refractivity contribution in [3.8, 4) is 0 Å². The number of nitrogens with one attached hydrogen (secondary N) is 2. The van der Waals surface area contributed by atoms with Crippen molar-refractivity contribution in [3.63, 3.8) is 0 Å². The van der Waals surface area contributed by atoms with Crippen LogP contribution < -0.4 is 10.6 Å². The molecule has 0 heterocycles. The number of hydrogen-bond acceptors (Lipinski definition) is 4. The van der Waals surface area contributed by atoms with Gasteiger partial charge in [0.05, 0.1) is 0 Å². The van der Waals surface area contributed by atoms with Gasteiger partial charge in [0.25, 0.3) is 0 Å². The molecule has 1 atom stereocenters. The number of methoxy groups -OCH3 is 1. The fraction of sp³-hybridized carbons (Fsp3) is 0.769. The lowest BCUT2D eigenvalue weighted by Gasteiger charge is -2.18. The van der Waals surface area contributed by atoms with Crippen LogP contribution in [0.1, 0.15) is 32.1 Å². The number of hydrogen-bond donors (Lipinski definition) is 4. The summed E-state index contributed by atoms with van der Waals surface area (Å²) in [7, 11) is 1.62. The zero-order valence-corrected chi connectivity index (χ0v) is 12.1. The van der Waals surface area contributed by atoms with Crippen LogP contribution in [0.15, 0.2) is 0 Å². The number of carboxylic acids is 2. The molecule has 0 bridgehead atoms. The zero-order valence-electron chi connectivity index (χ0n) is 12.1. The van der Waals surface area contributed by atoms with Crippen LogP contribution in [-0.4, -0.2) is 54.5 Å². The van der Waals surface area contributed by atoms with Crippen LogP contribution >= 0.6 is 0 Å². The third-order valence-electron chi connectivity index (χ3n) is 3.67. The summed E-state index contributed by atoms with van der Waals surface area (Å²) in [5.41, 5.74) is 0.0626. The topological polar surface area (TPSA) is 125 Å². The van der Waals surface area contributed by atoms with Crippen molar-refractivity contribution in [2.24, 2.45) is 5.41 Å². The van der Waals surface area contributed by atoms with Crippen LogP contribution in [0.25, 0.3) is 0 Å². The van der Waals surface area contributed by atoms with E-state index in [1.807, 2.05) is 0 Å². The highest BCUT2D eigenvalue weighted by Gasteiger charge is 2.42. The van der Waals surface area contributed by atoms with Gasteiger partial charge >= 0.3 is 18.0 Å². The molecule has 8 heteroatoms. The molecule has 0 spiro atoms. The highest BCUT2D eigenvalue weighted by molar-refractivity contribution is 5.83. The summed E-state index contributed by atoms with van der Waals surface area (Å²) in [5, 5.41) is 22.4. The third kappa shape index (κ3) is 6.44. The van der Waals surface area contributed by atoms with Gasteiger partial charge in [0.2, 0.25) is 0 Å². The van der Waals surface area contributed by atoms with Gasteiger partial charge in [0.1, 0.15) is 6.04 Å². The maximum absolute atomic E-state index is 11.7. The highest BCUT2D eigenvalue weighted by atomic mass is 16.5. The molecule has 1 aliphatic carbocycles.